The molecule has 2 heterocycles. The van der Waals surface area contributed by atoms with Crippen LogP contribution in [0.15, 0.2) is 75.6 Å². The number of furan rings is 1. The number of amides is 1. The van der Waals surface area contributed by atoms with Crippen LogP contribution in [0.3, 0.4) is 0 Å². The van der Waals surface area contributed by atoms with Crippen molar-refractivity contribution in [3.8, 4) is 23.0 Å². The van der Waals surface area contributed by atoms with Gasteiger partial charge in [0.15, 0.2) is 6.61 Å². The minimum Gasteiger partial charge on any atom is -0.497 e. The predicted molar refractivity (Wildman–Crippen MR) is 118 cm³/mol. The van der Waals surface area contributed by atoms with Gasteiger partial charge in [0.2, 0.25) is 11.8 Å². The van der Waals surface area contributed by atoms with Crippen molar-refractivity contribution < 1.29 is 23.1 Å². The van der Waals surface area contributed by atoms with Crippen LogP contribution in [-0.4, -0.2) is 23.2 Å². The minimum atomic E-state index is -0.260. The van der Waals surface area contributed by atoms with Crippen molar-refractivity contribution in [3.05, 3.63) is 84.2 Å². The molecule has 162 valence electrons. The summed E-state index contributed by atoms with van der Waals surface area (Å²) < 4.78 is 21.9. The number of ether oxygens (including phenoxy) is 2. The standard InChI is InChI=1S/C24H21N3O5/c1-16-3-8-21(31-16)13-14-22(28)25-18-6-11-20(12-7-18)30-15-23-26-27-24(32-23)17-4-9-19(29-2)10-5-17/h3-14H,15H2,1-2H3,(H,25,28). The lowest BCUT2D eigenvalue weighted by Crippen LogP contribution is -2.07. The van der Waals surface area contributed by atoms with E-state index in [2.05, 4.69) is 15.5 Å². The molecule has 4 aromatic rings. The van der Waals surface area contributed by atoms with Gasteiger partial charge < -0.3 is 23.6 Å². The number of anilines is 1. The van der Waals surface area contributed by atoms with Crippen LogP contribution >= 0.6 is 0 Å². The molecule has 8 heteroatoms. The van der Waals surface area contributed by atoms with E-state index in [-0.39, 0.29) is 12.5 Å². The minimum absolute atomic E-state index is 0.125. The van der Waals surface area contributed by atoms with E-state index < -0.39 is 0 Å². The van der Waals surface area contributed by atoms with Gasteiger partial charge in [0, 0.05) is 17.3 Å². The van der Waals surface area contributed by atoms with Crippen molar-refractivity contribution in [2.75, 3.05) is 12.4 Å². The fraction of sp³-hybridized carbons (Fsp3) is 0.125. The molecule has 0 atom stereocenters. The van der Waals surface area contributed by atoms with Crippen molar-refractivity contribution in [1.82, 2.24) is 10.2 Å². The molecule has 2 aromatic carbocycles. The molecule has 0 saturated carbocycles. The van der Waals surface area contributed by atoms with Crippen LogP contribution in [0.25, 0.3) is 17.5 Å². The summed E-state index contributed by atoms with van der Waals surface area (Å²) in [5.41, 5.74) is 1.43. The molecule has 8 nitrogen and oxygen atoms in total. The topological polar surface area (TPSA) is 99.6 Å². The Morgan fingerprint density at radius 3 is 2.41 bits per heavy atom. The van der Waals surface area contributed by atoms with E-state index in [0.717, 1.165) is 17.1 Å². The number of rotatable bonds is 8. The number of methoxy groups -OCH3 is 1. The first-order chi connectivity index (χ1) is 15.6. The van der Waals surface area contributed by atoms with E-state index in [9.17, 15) is 4.79 Å². The van der Waals surface area contributed by atoms with Crippen molar-refractivity contribution >= 4 is 17.7 Å². The van der Waals surface area contributed by atoms with E-state index in [4.69, 9.17) is 18.3 Å². The number of nitrogens with zero attached hydrogens (tertiary/aromatic N) is 2. The van der Waals surface area contributed by atoms with E-state index in [1.165, 1.54) is 6.08 Å². The first-order valence-electron chi connectivity index (χ1n) is 9.84. The highest BCUT2D eigenvalue weighted by atomic mass is 16.5. The summed E-state index contributed by atoms with van der Waals surface area (Å²) in [7, 11) is 1.61. The van der Waals surface area contributed by atoms with Crippen LogP contribution in [0.1, 0.15) is 17.4 Å². The molecule has 1 N–H and O–H groups in total. The van der Waals surface area contributed by atoms with Crippen LogP contribution in [0, 0.1) is 6.92 Å². The van der Waals surface area contributed by atoms with Gasteiger partial charge >= 0.3 is 0 Å². The van der Waals surface area contributed by atoms with Gasteiger partial charge in [-0.15, -0.1) is 10.2 Å². The maximum absolute atomic E-state index is 12.0. The Labute approximate surface area is 184 Å². The predicted octanol–water partition coefficient (Wildman–Crippen LogP) is 4.88. The van der Waals surface area contributed by atoms with Gasteiger partial charge in [0.05, 0.1) is 7.11 Å². The number of aromatic nitrogens is 2. The molecule has 32 heavy (non-hydrogen) atoms. The second-order valence-electron chi connectivity index (χ2n) is 6.81. The molecule has 0 aliphatic carbocycles. The van der Waals surface area contributed by atoms with Gasteiger partial charge in [0.25, 0.3) is 5.89 Å². The van der Waals surface area contributed by atoms with Crippen LogP contribution in [-0.2, 0) is 11.4 Å². The fourth-order valence-electron chi connectivity index (χ4n) is 2.83. The van der Waals surface area contributed by atoms with E-state index in [0.29, 0.717) is 29.0 Å². The van der Waals surface area contributed by atoms with Gasteiger partial charge in [0.1, 0.15) is 23.0 Å². The molecule has 0 aliphatic heterocycles. The Balaban J connectivity index is 1.29. The second kappa shape index (κ2) is 9.65. The SMILES string of the molecule is COc1ccc(-c2nnc(COc3ccc(NC(=O)C=Cc4ccc(C)o4)cc3)o2)cc1. The molecule has 0 spiro atoms. The molecule has 0 bridgehead atoms. The maximum atomic E-state index is 12.0. The Hall–Kier alpha value is -4.33. The number of benzene rings is 2. The number of carbonyl (C=O) groups excluding carboxylic acids is 1. The Morgan fingerprint density at radius 1 is 0.969 bits per heavy atom. The quantitative estimate of drug-likeness (QED) is 0.397. The zero-order chi connectivity index (χ0) is 22.3. The van der Waals surface area contributed by atoms with Crippen molar-refractivity contribution in [2.24, 2.45) is 0 Å². The van der Waals surface area contributed by atoms with E-state index in [1.54, 1.807) is 43.5 Å². The van der Waals surface area contributed by atoms with Crippen molar-refractivity contribution in [3.63, 3.8) is 0 Å². The number of nitrogens with one attached hydrogen (secondary N) is 1. The highest BCUT2D eigenvalue weighted by Gasteiger charge is 2.09. The molecule has 0 saturated heterocycles. The average molecular weight is 431 g/mol. The van der Waals surface area contributed by atoms with E-state index >= 15 is 0 Å². The third kappa shape index (κ3) is 5.42. The Kier molecular flexibility index (Phi) is 6.31. The van der Waals surface area contributed by atoms with Crippen LogP contribution in [0.4, 0.5) is 5.69 Å². The Morgan fingerprint density at radius 2 is 1.72 bits per heavy atom. The summed E-state index contributed by atoms with van der Waals surface area (Å²) in [4.78, 5) is 12.0. The van der Waals surface area contributed by atoms with Crippen molar-refractivity contribution in [1.29, 1.82) is 0 Å². The summed E-state index contributed by atoms with van der Waals surface area (Å²) in [6.07, 6.45) is 3.03. The molecule has 0 fully saturated rings. The first kappa shape index (κ1) is 20.9. The van der Waals surface area contributed by atoms with Gasteiger partial charge in [-0.1, -0.05) is 0 Å². The van der Waals surface area contributed by atoms with Crippen LogP contribution in [0.2, 0.25) is 0 Å². The average Bonchev–Trinajstić information content (AvgIpc) is 3.46. The lowest BCUT2D eigenvalue weighted by atomic mass is 10.2. The third-order valence-electron chi connectivity index (χ3n) is 4.45. The summed E-state index contributed by atoms with van der Waals surface area (Å²) >= 11 is 0. The first-order valence-corrected chi connectivity index (χ1v) is 9.84. The highest BCUT2D eigenvalue weighted by molar-refractivity contribution is 6.01. The molecular weight excluding hydrogens is 410 g/mol. The molecule has 0 aliphatic rings. The maximum Gasteiger partial charge on any atom is 0.254 e. The molecule has 4 rings (SSSR count). The largest absolute Gasteiger partial charge is 0.497 e. The molecule has 1 amide bonds. The van der Waals surface area contributed by atoms with Gasteiger partial charge in [-0.2, -0.15) is 0 Å². The smallest absolute Gasteiger partial charge is 0.254 e. The Bertz CT molecular complexity index is 1210. The van der Waals surface area contributed by atoms with Crippen molar-refractivity contribution in [2.45, 2.75) is 13.5 Å². The third-order valence-corrected chi connectivity index (χ3v) is 4.45. The lowest BCUT2D eigenvalue weighted by Gasteiger charge is -2.05. The van der Waals surface area contributed by atoms with E-state index in [1.807, 2.05) is 37.3 Å². The number of carbonyl (C=O) groups is 1. The number of aryl methyl sites for hydroxylation is 1. The fourth-order valence-corrected chi connectivity index (χ4v) is 2.83. The molecular formula is C24H21N3O5. The molecule has 2 aromatic heterocycles. The number of hydrogen-bond acceptors (Lipinski definition) is 7. The zero-order valence-electron chi connectivity index (χ0n) is 17.6. The van der Waals surface area contributed by atoms with Gasteiger partial charge in [-0.05, 0) is 73.7 Å². The number of hydrogen-bond donors (Lipinski definition) is 1. The van der Waals surface area contributed by atoms with Crippen LogP contribution in [0.5, 0.6) is 11.5 Å². The van der Waals surface area contributed by atoms with Crippen LogP contribution < -0.4 is 14.8 Å². The summed E-state index contributed by atoms with van der Waals surface area (Å²) in [6.45, 7) is 1.97. The van der Waals surface area contributed by atoms with Gasteiger partial charge in [-0.25, -0.2) is 0 Å². The molecule has 0 radical (unpaired) electrons. The lowest BCUT2D eigenvalue weighted by molar-refractivity contribution is -0.111. The second-order valence-corrected chi connectivity index (χ2v) is 6.81. The van der Waals surface area contributed by atoms with Gasteiger partial charge in [-0.3, -0.25) is 4.79 Å². The normalized spacial score (nSPS) is 10.9. The summed E-state index contributed by atoms with van der Waals surface area (Å²) in [5.74, 6) is 3.27. The summed E-state index contributed by atoms with van der Waals surface area (Å²) in [6, 6.07) is 18.0. The monoisotopic (exact) mass is 431 g/mol. The molecule has 0 unspecified atom stereocenters. The summed E-state index contributed by atoms with van der Waals surface area (Å²) in [5, 5.41) is 10.8. The highest BCUT2D eigenvalue weighted by Crippen LogP contribution is 2.22. The zero-order valence-corrected chi connectivity index (χ0v) is 17.6.